The van der Waals surface area contributed by atoms with Gasteiger partial charge in [-0.2, -0.15) is 0 Å². The zero-order valence-electron chi connectivity index (χ0n) is 25.4. The molecule has 0 fully saturated rings. The molecule has 218 valence electrons. The molecule has 0 aliphatic rings. The molecule has 4 aromatic carbocycles. The van der Waals surface area contributed by atoms with E-state index in [4.69, 9.17) is 9.97 Å². The van der Waals surface area contributed by atoms with E-state index in [1.807, 2.05) is 125 Å². The molecule has 0 bridgehead atoms. The second-order valence-electron chi connectivity index (χ2n) is 11.2. The second-order valence-corrected chi connectivity index (χ2v) is 11.2. The smallest absolute Gasteiger partial charge is 0.252 e. The lowest BCUT2D eigenvalue weighted by molar-refractivity contribution is 0.0928. The minimum Gasteiger partial charge on any atom is -0.350 e. The molecule has 2 heterocycles. The Hall–Kier alpha value is -5.36. The topological polar surface area (TPSA) is 84.0 Å². The van der Waals surface area contributed by atoms with Gasteiger partial charge >= 0.3 is 0 Å². The number of hydrogen-bond donors (Lipinski definition) is 2. The van der Waals surface area contributed by atoms with Crippen molar-refractivity contribution in [3.63, 3.8) is 0 Å². The number of benzene rings is 4. The van der Waals surface area contributed by atoms with Gasteiger partial charge in [-0.1, -0.05) is 96.1 Å². The van der Waals surface area contributed by atoms with Crippen molar-refractivity contribution in [2.24, 2.45) is 0 Å². The number of para-hydroxylation sites is 2. The van der Waals surface area contributed by atoms with Gasteiger partial charge in [-0.25, -0.2) is 9.97 Å². The number of nitrogens with one attached hydrogen (secondary N) is 2. The van der Waals surface area contributed by atoms with Crippen molar-refractivity contribution in [2.75, 3.05) is 13.1 Å². The van der Waals surface area contributed by atoms with Crippen LogP contribution in [0.2, 0.25) is 0 Å². The molecule has 0 aliphatic carbocycles. The van der Waals surface area contributed by atoms with Crippen molar-refractivity contribution in [2.45, 2.75) is 27.7 Å². The molecule has 2 amide bonds. The Morgan fingerprint density at radius 3 is 1.27 bits per heavy atom. The van der Waals surface area contributed by atoms with Gasteiger partial charge in [-0.05, 0) is 51.0 Å². The predicted molar refractivity (Wildman–Crippen MR) is 178 cm³/mol. The molecule has 0 saturated carbocycles. The quantitative estimate of drug-likeness (QED) is 0.192. The Labute approximate surface area is 257 Å². The van der Waals surface area contributed by atoms with Crippen LogP contribution in [0.15, 0.2) is 97.1 Å². The van der Waals surface area contributed by atoms with Gasteiger partial charge in [0.1, 0.15) is 0 Å². The zero-order chi connectivity index (χ0) is 30.8. The molecule has 6 aromatic rings. The van der Waals surface area contributed by atoms with Gasteiger partial charge in [0.05, 0.1) is 33.5 Å². The molecule has 6 nitrogen and oxygen atoms in total. The summed E-state index contributed by atoms with van der Waals surface area (Å²) >= 11 is 0. The maximum atomic E-state index is 13.6. The minimum atomic E-state index is -0.198. The fourth-order valence-corrected chi connectivity index (χ4v) is 5.71. The zero-order valence-corrected chi connectivity index (χ0v) is 25.4. The third-order valence-corrected chi connectivity index (χ3v) is 8.07. The average Bonchev–Trinajstić information content (AvgIpc) is 3.03. The molecule has 0 atom stereocenters. The standard InChI is InChI=1S/C38H34N4O2/c1-23-13-17-27(18-14-23)35-25(3)33(29-9-5-7-11-31(29)41-35)37(43)39-21-22-40-38(44)34-26(4)36(28-19-15-24(2)16-20-28)42-32-12-8-6-10-30(32)34/h5-20H,21-22H2,1-4H3,(H,39,43)(H,40,44). The molecular formula is C38H34N4O2. The van der Waals surface area contributed by atoms with Crippen LogP contribution in [0.3, 0.4) is 0 Å². The lowest BCUT2D eigenvalue weighted by Crippen LogP contribution is -2.35. The van der Waals surface area contributed by atoms with Crippen molar-refractivity contribution < 1.29 is 9.59 Å². The number of fused-ring (bicyclic) bond motifs is 2. The van der Waals surface area contributed by atoms with E-state index in [-0.39, 0.29) is 24.9 Å². The highest BCUT2D eigenvalue weighted by molar-refractivity contribution is 6.10. The van der Waals surface area contributed by atoms with Crippen LogP contribution in [0, 0.1) is 27.7 Å². The van der Waals surface area contributed by atoms with Gasteiger partial charge in [-0.3, -0.25) is 9.59 Å². The molecule has 6 rings (SSSR count). The minimum absolute atomic E-state index is 0.198. The summed E-state index contributed by atoms with van der Waals surface area (Å²) in [5, 5.41) is 7.65. The summed E-state index contributed by atoms with van der Waals surface area (Å²) in [6.07, 6.45) is 0. The highest BCUT2D eigenvalue weighted by Gasteiger charge is 2.21. The summed E-state index contributed by atoms with van der Waals surface area (Å²) in [7, 11) is 0. The van der Waals surface area contributed by atoms with Crippen LogP contribution in [-0.4, -0.2) is 34.9 Å². The number of rotatable bonds is 7. The number of pyridine rings is 2. The van der Waals surface area contributed by atoms with Gasteiger partial charge in [0.15, 0.2) is 0 Å². The van der Waals surface area contributed by atoms with Crippen molar-refractivity contribution in [1.29, 1.82) is 0 Å². The summed E-state index contributed by atoms with van der Waals surface area (Å²) in [4.78, 5) is 37.0. The van der Waals surface area contributed by atoms with E-state index in [1.165, 1.54) is 0 Å². The lowest BCUT2D eigenvalue weighted by atomic mass is 9.96. The van der Waals surface area contributed by atoms with E-state index in [9.17, 15) is 9.59 Å². The molecule has 0 aliphatic heterocycles. The second kappa shape index (κ2) is 12.1. The van der Waals surface area contributed by atoms with Gasteiger partial charge < -0.3 is 10.6 Å². The summed E-state index contributed by atoms with van der Waals surface area (Å²) in [6, 6.07) is 31.7. The predicted octanol–water partition coefficient (Wildman–Crippen LogP) is 7.51. The van der Waals surface area contributed by atoms with Crippen LogP contribution in [0.5, 0.6) is 0 Å². The first-order chi connectivity index (χ1) is 21.3. The van der Waals surface area contributed by atoms with Crippen molar-refractivity contribution in [3.05, 3.63) is 130 Å². The van der Waals surface area contributed by atoms with Crippen molar-refractivity contribution in [3.8, 4) is 22.5 Å². The van der Waals surface area contributed by atoms with E-state index >= 15 is 0 Å². The fraction of sp³-hybridized carbons (Fsp3) is 0.158. The van der Waals surface area contributed by atoms with E-state index < -0.39 is 0 Å². The third-order valence-electron chi connectivity index (χ3n) is 8.07. The molecule has 0 saturated heterocycles. The normalized spacial score (nSPS) is 11.1. The molecule has 44 heavy (non-hydrogen) atoms. The first-order valence-corrected chi connectivity index (χ1v) is 14.8. The van der Waals surface area contributed by atoms with Crippen LogP contribution in [-0.2, 0) is 0 Å². The third kappa shape index (κ3) is 5.54. The van der Waals surface area contributed by atoms with E-state index in [2.05, 4.69) is 10.6 Å². The molecular weight excluding hydrogens is 544 g/mol. The summed E-state index contributed by atoms with van der Waals surface area (Å²) in [6.45, 7) is 8.51. The Balaban J connectivity index is 1.23. The fourth-order valence-electron chi connectivity index (χ4n) is 5.71. The van der Waals surface area contributed by atoms with Crippen LogP contribution >= 0.6 is 0 Å². The first-order valence-electron chi connectivity index (χ1n) is 14.8. The molecule has 0 spiro atoms. The number of carbonyl (C=O) groups excluding carboxylic acids is 2. The van der Waals surface area contributed by atoms with E-state index in [0.29, 0.717) is 11.1 Å². The Morgan fingerprint density at radius 1 is 0.523 bits per heavy atom. The number of hydrogen-bond acceptors (Lipinski definition) is 4. The largest absolute Gasteiger partial charge is 0.350 e. The van der Waals surface area contributed by atoms with Crippen LogP contribution in [0.1, 0.15) is 43.0 Å². The molecule has 6 heteroatoms. The van der Waals surface area contributed by atoms with Crippen LogP contribution in [0.25, 0.3) is 44.3 Å². The molecule has 0 radical (unpaired) electrons. The van der Waals surface area contributed by atoms with Gasteiger partial charge in [-0.15, -0.1) is 0 Å². The van der Waals surface area contributed by atoms with Gasteiger partial charge in [0.25, 0.3) is 11.8 Å². The van der Waals surface area contributed by atoms with E-state index in [1.54, 1.807) is 0 Å². The Morgan fingerprint density at radius 2 is 0.886 bits per heavy atom. The first kappa shape index (κ1) is 28.7. The highest BCUT2D eigenvalue weighted by atomic mass is 16.2. The average molecular weight is 579 g/mol. The molecule has 0 unspecified atom stereocenters. The SMILES string of the molecule is Cc1ccc(-c2nc3ccccc3c(C(=O)NCCNC(=O)c3c(C)c(-c4ccc(C)cc4)nc4ccccc34)c2C)cc1. The summed E-state index contributed by atoms with van der Waals surface area (Å²) in [5.41, 5.74) is 10.2. The lowest BCUT2D eigenvalue weighted by Gasteiger charge is -2.16. The van der Waals surface area contributed by atoms with E-state index in [0.717, 1.165) is 66.6 Å². The molecule has 2 aromatic heterocycles. The Kier molecular flexibility index (Phi) is 7.90. The monoisotopic (exact) mass is 578 g/mol. The number of amides is 2. The highest BCUT2D eigenvalue weighted by Crippen LogP contribution is 2.31. The molecule has 2 N–H and O–H groups in total. The number of nitrogens with zero attached hydrogens (tertiary/aromatic N) is 2. The summed E-state index contributed by atoms with van der Waals surface area (Å²) < 4.78 is 0. The number of carbonyl (C=O) groups is 2. The van der Waals surface area contributed by atoms with Crippen LogP contribution < -0.4 is 10.6 Å². The van der Waals surface area contributed by atoms with Crippen molar-refractivity contribution >= 4 is 33.6 Å². The maximum absolute atomic E-state index is 13.6. The van der Waals surface area contributed by atoms with Crippen molar-refractivity contribution in [1.82, 2.24) is 20.6 Å². The maximum Gasteiger partial charge on any atom is 0.252 e. The number of aryl methyl sites for hydroxylation is 2. The summed E-state index contributed by atoms with van der Waals surface area (Å²) in [5.74, 6) is -0.396. The van der Waals surface area contributed by atoms with Crippen LogP contribution in [0.4, 0.5) is 0 Å². The Bertz CT molecular complexity index is 1880. The van der Waals surface area contributed by atoms with Gasteiger partial charge in [0, 0.05) is 35.0 Å². The number of aromatic nitrogens is 2. The van der Waals surface area contributed by atoms with Gasteiger partial charge in [0.2, 0.25) is 0 Å².